The Balaban J connectivity index is 1.32. The molecule has 0 bridgehead atoms. The standard InChI is InChI=1S/C25H23N7O2/c26-14-20-13-19(4-5-24(20)34-22-7-10-33-11-8-22)23-6-9-27-25(31-23)30-21-3-1-2-18(12-21)15-32-16-28-29-17-32/h1-6,9,12-13,16-17,22H,7-8,10-11,15H2,(H,27,30,31). The monoisotopic (exact) mass is 453 g/mol. The summed E-state index contributed by atoms with van der Waals surface area (Å²) in [6.07, 6.45) is 6.79. The van der Waals surface area contributed by atoms with Crippen molar-refractivity contribution in [1.82, 2.24) is 24.7 Å². The molecular weight excluding hydrogens is 430 g/mol. The lowest BCUT2D eigenvalue weighted by atomic mass is 10.1. The SMILES string of the molecule is N#Cc1cc(-c2ccnc(Nc3cccc(Cn4cnnc4)c3)n2)ccc1OC1CCOCC1. The lowest BCUT2D eigenvalue weighted by molar-refractivity contribution is 0.0254. The molecule has 34 heavy (non-hydrogen) atoms. The number of nitrogens with zero attached hydrogens (tertiary/aromatic N) is 6. The van der Waals surface area contributed by atoms with Crippen LogP contribution in [0.2, 0.25) is 0 Å². The van der Waals surface area contributed by atoms with Crippen LogP contribution in [0.3, 0.4) is 0 Å². The van der Waals surface area contributed by atoms with Gasteiger partial charge in [-0.05, 0) is 42.0 Å². The molecule has 4 aromatic rings. The molecule has 0 radical (unpaired) electrons. The van der Waals surface area contributed by atoms with E-state index in [0.717, 1.165) is 29.7 Å². The summed E-state index contributed by atoms with van der Waals surface area (Å²) in [6.45, 7) is 2.04. The topological polar surface area (TPSA) is 111 Å². The largest absolute Gasteiger partial charge is 0.489 e. The molecule has 1 N–H and O–H groups in total. The summed E-state index contributed by atoms with van der Waals surface area (Å²) in [4.78, 5) is 9.00. The van der Waals surface area contributed by atoms with E-state index in [-0.39, 0.29) is 6.10 Å². The van der Waals surface area contributed by atoms with Crippen molar-refractivity contribution in [2.24, 2.45) is 0 Å². The van der Waals surface area contributed by atoms with E-state index in [0.29, 0.717) is 42.7 Å². The number of nitrogens with one attached hydrogen (secondary N) is 1. The van der Waals surface area contributed by atoms with Gasteiger partial charge in [-0.25, -0.2) is 9.97 Å². The van der Waals surface area contributed by atoms with Crippen molar-refractivity contribution < 1.29 is 9.47 Å². The van der Waals surface area contributed by atoms with Gasteiger partial charge in [0.1, 0.15) is 30.6 Å². The van der Waals surface area contributed by atoms with Gasteiger partial charge in [0, 0.05) is 30.3 Å². The molecular formula is C25H23N7O2. The first-order valence-electron chi connectivity index (χ1n) is 11.1. The van der Waals surface area contributed by atoms with E-state index in [1.54, 1.807) is 24.9 Å². The number of rotatable bonds is 7. The van der Waals surface area contributed by atoms with Gasteiger partial charge in [-0.1, -0.05) is 12.1 Å². The summed E-state index contributed by atoms with van der Waals surface area (Å²) in [6, 6.07) is 17.6. The molecule has 0 unspecified atom stereocenters. The second-order valence-corrected chi connectivity index (χ2v) is 7.98. The number of hydrogen-bond donors (Lipinski definition) is 1. The van der Waals surface area contributed by atoms with E-state index in [4.69, 9.17) is 9.47 Å². The highest BCUT2D eigenvalue weighted by Gasteiger charge is 2.17. The van der Waals surface area contributed by atoms with Gasteiger partial charge in [-0.2, -0.15) is 5.26 Å². The maximum Gasteiger partial charge on any atom is 0.227 e. The Morgan fingerprint density at radius 3 is 2.76 bits per heavy atom. The zero-order chi connectivity index (χ0) is 23.2. The van der Waals surface area contributed by atoms with Crippen LogP contribution in [0.5, 0.6) is 5.75 Å². The van der Waals surface area contributed by atoms with Crippen LogP contribution < -0.4 is 10.1 Å². The van der Waals surface area contributed by atoms with Crippen molar-refractivity contribution in [3.63, 3.8) is 0 Å². The number of anilines is 2. The third-order valence-corrected chi connectivity index (χ3v) is 5.53. The highest BCUT2D eigenvalue weighted by Crippen LogP contribution is 2.28. The zero-order valence-corrected chi connectivity index (χ0v) is 18.5. The van der Waals surface area contributed by atoms with Crippen LogP contribution in [0.4, 0.5) is 11.6 Å². The first-order chi connectivity index (χ1) is 16.8. The molecule has 0 atom stereocenters. The maximum atomic E-state index is 9.68. The van der Waals surface area contributed by atoms with Gasteiger partial charge >= 0.3 is 0 Å². The molecule has 1 aliphatic rings. The van der Waals surface area contributed by atoms with Crippen molar-refractivity contribution >= 4 is 11.6 Å². The number of hydrogen-bond acceptors (Lipinski definition) is 8. The van der Waals surface area contributed by atoms with Crippen LogP contribution in [0.25, 0.3) is 11.3 Å². The Labute approximate surface area is 197 Å². The van der Waals surface area contributed by atoms with Crippen molar-refractivity contribution in [3.05, 3.63) is 78.5 Å². The molecule has 3 heterocycles. The smallest absolute Gasteiger partial charge is 0.227 e. The van der Waals surface area contributed by atoms with Crippen LogP contribution in [-0.4, -0.2) is 44.1 Å². The predicted octanol–water partition coefficient (Wildman–Crippen LogP) is 3.96. The molecule has 170 valence electrons. The summed E-state index contributed by atoms with van der Waals surface area (Å²) in [5, 5.41) is 20.6. The summed E-state index contributed by atoms with van der Waals surface area (Å²) in [7, 11) is 0. The molecule has 1 saturated heterocycles. The third-order valence-electron chi connectivity index (χ3n) is 5.53. The Bertz CT molecular complexity index is 1290. The Morgan fingerprint density at radius 1 is 1.09 bits per heavy atom. The van der Waals surface area contributed by atoms with E-state index >= 15 is 0 Å². The van der Waals surface area contributed by atoms with Crippen LogP contribution in [0.1, 0.15) is 24.0 Å². The van der Waals surface area contributed by atoms with Gasteiger partial charge in [-0.3, -0.25) is 0 Å². The minimum absolute atomic E-state index is 0.0716. The average molecular weight is 454 g/mol. The predicted molar refractivity (Wildman–Crippen MR) is 126 cm³/mol. The van der Waals surface area contributed by atoms with Crippen molar-refractivity contribution in [2.45, 2.75) is 25.5 Å². The molecule has 2 aromatic carbocycles. The number of aromatic nitrogens is 5. The molecule has 1 fully saturated rings. The lowest BCUT2D eigenvalue weighted by Crippen LogP contribution is -2.26. The van der Waals surface area contributed by atoms with Gasteiger partial charge in [-0.15, -0.1) is 10.2 Å². The highest BCUT2D eigenvalue weighted by molar-refractivity contribution is 5.66. The van der Waals surface area contributed by atoms with Gasteiger partial charge in [0.15, 0.2) is 0 Å². The second-order valence-electron chi connectivity index (χ2n) is 7.98. The normalized spacial score (nSPS) is 13.9. The van der Waals surface area contributed by atoms with E-state index in [2.05, 4.69) is 31.6 Å². The zero-order valence-electron chi connectivity index (χ0n) is 18.5. The van der Waals surface area contributed by atoms with Gasteiger partial charge < -0.3 is 19.4 Å². The average Bonchev–Trinajstić information content (AvgIpc) is 3.38. The second kappa shape index (κ2) is 10.1. The molecule has 2 aromatic heterocycles. The Morgan fingerprint density at radius 2 is 1.94 bits per heavy atom. The van der Waals surface area contributed by atoms with Crippen LogP contribution in [-0.2, 0) is 11.3 Å². The first-order valence-corrected chi connectivity index (χ1v) is 11.1. The number of benzene rings is 2. The Kier molecular flexibility index (Phi) is 6.40. The molecule has 0 aliphatic carbocycles. The highest BCUT2D eigenvalue weighted by atomic mass is 16.5. The Hall–Kier alpha value is -4.29. The summed E-state index contributed by atoms with van der Waals surface area (Å²) in [5.74, 6) is 1.07. The minimum Gasteiger partial charge on any atom is -0.489 e. The first kappa shape index (κ1) is 21.6. The molecule has 5 rings (SSSR count). The summed E-state index contributed by atoms with van der Waals surface area (Å²) < 4.78 is 13.3. The van der Waals surface area contributed by atoms with Crippen LogP contribution in [0.15, 0.2) is 67.4 Å². The van der Waals surface area contributed by atoms with Crippen molar-refractivity contribution in [2.75, 3.05) is 18.5 Å². The van der Waals surface area contributed by atoms with Gasteiger partial charge in [0.2, 0.25) is 5.95 Å². The summed E-state index contributed by atoms with van der Waals surface area (Å²) in [5.41, 5.74) is 3.99. The quantitative estimate of drug-likeness (QED) is 0.448. The van der Waals surface area contributed by atoms with Crippen LogP contribution >= 0.6 is 0 Å². The van der Waals surface area contributed by atoms with Crippen LogP contribution in [0, 0.1) is 11.3 Å². The van der Waals surface area contributed by atoms with E-state index in [1.165, 1.54) is 0 Å². The maximum absolute atomic E-state index is 9.68. The molecule has 0 saturated carbocycles. The van der Waals surface area contributed by atoms with Crippen molar-refractivity contribution in [3.8, 4) is 23.1 Å². The van der Waals surface area contributed by atoms with Gasteiger partial charge in [0.25, 0.3) is 0 Å². The third kappa shape index (κ3) is 5.19. The molecule has 1 aliphatic heterocycles. The molecule has 9 heteroatoms. The molecule has 0 amide bonds. The fraction of sp³-hybridized carbons (Fsp3) is 0.240. The molecule has 9 nitrogen and oxygen atoms in total. The number of nitriles is 1. The summed E-state index contributed by atoms with van der Waals surface area (Å²) >= 11 is 0. The molecule has 0 spiro atoms. The lowest BCUT2D eigenvalue weighted by Gasteiger charge is -2.23. The van der Waals surface area contributed by atoms with E-state index in [1.807, 2.05) is 47.0 Å². The number of ether oxygens (including phenoxy) is 2. The minimum atomic E-state index is 0.0716. The fourth-order valence-corrected chi connectivity index (χ4v) is 3.82. The van der Waals surface area contributed by atoms with Gasteiger partial charge in [0.05, 0.1) is 31.0 Å². The van der Waals surface area contributed by atoms with E-state index in [9.17, 15) is 5.26 Å². The van der Waals surface area contributed by atoms with E-state index < -0.39 is 0 Å². The fourth-order valence-electron chi connectivity index (χ4n) is 3.82. The van der Waals surface area contributed by atoms with Crippen molar-refractivity contribution in [1.29, 1.82) is 5.26 Å².